The summed E-state index contributed by atoms with van der Waals surface area (Å²) < 4.78 is 25.4. The first kappa shape index (κ1) is 24.3. The van der Waals surface area contributed by atoms with E-state index in [-0.39, 0.29) is 0 Å². The van der Waals surface area contributed by atoms with Crippen LogP contribution in [-0.2, 0) is 47.7 Å². The van der Waals surface area contributed by atoms with Crippen LogP contribution in [0.5, 0.6) is 0 Å². The number of ether oxygens (including phenoxy) is 5. The molecule has 1 saturated carbocycles. The van der Waals surface area contributed by atoms with E-state index in [0.29, 0.717) is 0 Å². The van der Waals surface area contributed by atoms with Crippen LogP contribution in [0.3, 0.4) is 0 Å². The van der Waals surface area contributed by atoms with Crippen molar-refractivity contribution in [2.75, 3.05) is 6.61 Å². The molecule has 0 aromatic rings. The number of esters is 5. The highest BCUT2D eigenvalue weighted by Crippen LogP contribution is 2.39. The van der Waals surface area contributed by atoms with Gasteiger partial charge in [-0.1, -0.05) is 0 Å². The molecule has 164 valence electrons. The minimum absolute atomic E-state index is 0.901. The zero-order chi connectivity index (χ0) is 22.5. The predicted octanol–water partition coefficient (Wildman–Crippen LogP) is -1.62. The Bertz CT molecular complexity index is 627. The van der Waals surface area contributed by atoms with E-state index in [1.165, 1.54) is 0 Å². The monoisotopic (exact) mass is 420 g/mol. The zero-order valence-corrected chi connectivity index (χ0v) is 16.6. The van der Waals surface area contributed by atoms with Gasteiger partial charge in [0.1, 0.15) is 0 Å². The lowest BCUT2D eigenvalue weighted by Gasteiger charge is -2.51. The minimum atomic E-state index is -2.58. The molecular weight excluding hydrogens is 396 g/mol. The molecule has 6 atom stereocenters. The van der Waals surface area contributed by atoms with Gasteiger partial charge in [0.05, 0.1) is 6.61 Å². The molecule has 29 heavy (non-hydrogen) atoms. The molecule has 3 unspecified atom stereocenters. The van der Waals surface area contributed by atoms with Gasteiger partial charge in [-0.2, -0.15) is 0 Å². The van der Waals surface area contributed by atoms with E-state index in [9.17, 15) is 34.2 Å². The molecule has 12 nitrogen and oxygen atoms in total. The van der Waals surface area contributed by atoms with E-state index in [2.05, 4.69) is 0 Å². The molecule has 0 spiro atoms. The molecule has 1 fully saturated rings. The van der Waals surface area contributed by atoms with Crippen LogP contribution in [0.2, 0.25) is 0 Å². The first-order chi connectivity index (χ1) is 13.3. The normalized spacial score (nSPS) is 31.2. The fourth-order valence-corrected chi connectivity index (χ4v) is 3.10. The molecule has 0 bridgehead atoms. The molecule has 1 rings (SSSR count). The first-order valence-electron chi connectivity index (χ1n) is 8.52. The number of aliphatic hydroxyl groups is 2. The number of hydrogen-bond acceptors (Lipinski definition) is 12. The van der Waals surface area contributed by atoms with Crippen LogP contribution < -0.4 is 0 Å². The molecule has 0 aliphatic heterocycles. The second kappa shape index (κ2) is 9.65. The molecule has 0 heterocycles. The van der Waals surface area contributed by atoms with Crippen molar-refractivity contribution in [3.63, 3.8) is 0 Å². The van der Waals surface area contributed by atoms with Crippen molar-refractivity contribution >= 4 is 29.8 Å². The van der Waals surface area contributed by atoms with Crippen LogP contribution in [0.1, 0.15) is 34.6 Å². The molecule has 0 radical (unpaired) electrons. The van der Waals surface area contributed by atoms with Crippen LogP contribution in [-0.4, -0.2) is 82.8 Å². The molecule has 12 heteroatoms. The highest BCUT2D eigenvalue weighted by molar-refractivity contribution is 5.70. The lowest BCUT2D eigenvalue weighted by molar-refractivity contribution is -0.292. The number of aliphatic hydroxyl groups excluding tert-OH is 1. The van der Waals surface area contributed by atoms with E-state index < -0.39 is 72.6 Å². The lowest BCUT2D eigenvalue weighted by atomic mass is 9.74. The Hall–Kier alpha value is -2.73. The van der Waals surface area contributed by atoms with Crippen molar-refractivity contribution in [1.82, 2.24) is 0 Å². The molecule has 1 aliphatic carbocycles. The van der Waals surface area contributed by atoms with Gasteiger partial charge in [-0.25, -0.2) is 0 Å². The summed E-state index contributed by atoms with van der Waals surface area (Å²) in [6, 6.07) is 0. The second-order valence-corrected chi connectivity index (χ2v) is 6.43. The fourth-order valence-electron chi connectivity index (χ4n) is 3.10. The van der Waals surface area contributed by atoms with E-state index in [4.69, 9.17) is 23.7 Å². The third-order valence-corrected chi connectivity index (χ3v) is 3.98. The molecule has 1 aliphatic rings. The van der Waals surface area contributed by atoms with Gasteiger partial charge in [0, 0.05) is 34.6 Å². The van der Waals surface area contributed by atoms with E-state index in [1.807, 2.05) is 0 Å². The Morgan fingerprint density at radius 2 is 0.897 bits per heavy atom. The number of carbonyl (C=O) groups excluding carboxylic acids is 5. The maximum Gasteiger partial charge on any atom is 0.303 e. The van der Waals surface area contributed by atoms with E-state index >= 15 is 0 Å². The van der Waals surface area contributed by atoms with Gasteiger partial charge in [-0.05, 0) is 0 Å². The zero-order valence-electron chi connectivity index (χ0n) is 16.6. The second-order valence-electron chi connectivity index (χ2n) is 6.43. The number of carbonyl (C=O) groups is 5. The largest absolute Gasteiger partial charge is 0.455 e. The SMILES string of the molecule is CC(=O)OC1C(OC(C)=O)[C@@](O)(CO)[C@@H](OC(C)=O)C(OC(C)=O)[C@H]1OC(C)=O. The molecule has 2 N–H and O–H groups in total. The van der Waals surface area contributed by atoms with Crippen LogP contribution >= 0.6 is 0 Å². The Morgan fingerprint density at radius 3 is 1.14 bits per heavy atom. The van der Waals surface area contributed by atoms with Crippen molar-refractivity contribution in [2.24, 2.45) is 0 Å². The third-order valence-electron chi connectivity index (χ3n) is 3.98. The number of rotatable bonds is 6. The summed E-state index contributed by atoms with van der Waals surface area (Å²) in [4.78, 5) is 58.1. The van der Waals surface area contributed by atoms with Gasteiger partial charge in [0.15, 0.2) is 36.1 Å². The summed E-state index contributed by atoms with van der Waals surface area (Å²) in [5, 5.41) is 21.0. The van der Waals surface area contributed by atoms with Gasteiger partial charge >= 0.3 is 29.8 Å². The van der Waals surface area contributed by atoms with E-state index in [1.54, 1.807) is 0 Å². The van der Waals surface area contributed by atoms with Crippen molar-refractivity contribution in [3.8, 4) is 0 Å². The third kappa shape index (κ3) is 5.87. The van der Waals surface area contributed by atoms with Gasteiger partial charge in [-0.15, -0.1) is 0 Å². The lowest BCUT2D eigenvalue weighted by Crippen LogP contribution is -2.75. The van der Waals surface area contributed by atoms with Crippen molar-refractivity contribution in [1.29, 1.82) is 0 Å². The summed E-state index contributed by atoms with van der Waals surface area (Å²) in [6.45, 7) is 3.78. The van der Waals surface area contributed by atoms with Gasteiger partial charge in [-0.3, -0.25) is 24.0 Å². The molecular formula is C17H24O12. The summed E-state index contributed by atoms with van der Waals surface area (Å²) in [7, 11) is 0. The quantitative estimate of drug-likeness (QED) is 0.372. The Labute approximate surface area is 166 Å². The fraction of sp³-hybridized carbons (Fsp3) is 0.706. The van der Waals surface area contributed by atoms with Gasteiger partial charge < -0.3 is 33.9 Å². The van der Waals surface area contributed by atoms with Crippen LogP contribution in [0.4, 0.5) is 0 Å². The van der Waals surface area contributed by atoms with Crippen LogP contribution in [0, 0.1) is 0 Å². The molecule has 0 amide bonds. The van der Waals surface area contributed by atoms with Crippen LogP contribution in [0.15, 0.2) is 0 Å². The Balaban J connectivity index is 3.69. The van der Waals surface area contributed by atoms with Gasteiger partial charge in [0.25, 0.3) is 0 Å². The standard InChI is InChI=1S/C17H24O12/c1-7(19)25-12-13(26-8(2)20)15(28-10(4)22)17(24,6-18)16(29-11(5)23)14(12)27-9(3)21/h12-16,18,24H,6H2,1-5H3/t12-,13?,14?,15+,16?,17-/m1/s1. The Kier molecular flexibility index (Phi) is 8.09. The highest BCUT2D eigenvalue weighted by atomic mass is 16.7. The van der Waals surface area contributed by atoms with Crippen LogP contribution in [0.25, 0.3) is 0 Å². The van der Waals surface area contributed by atoms with Crippen molar-refractivity contribution < 1.29 is 57.9 Å². The summed E-state index contributed by atoms with van der Waals surface area (Å²) >= 11 is 0. The van der Waals surface area contributed by atoms with E-state index in [0.717, 1.165) is 34.6 Å². The molecule has 0 saturated heterocycles. The van der Waals surface area contributed by atoms with Gasteiger partial charge in [0.2, 0.25) is 0 Å². The maximum atomic E-state index is 11.6. The highest BCUT2D eigenvalue weighted by Gasteiger charge is 2.66. The molecule has 0 aromatic carbocycles. The minimum Gasteiger partial charge on any atom is -0.455 e. The average Bonchev–Trinajstić information content (AvgIpc) is 2.56. The topological polar surface area (TPSA) is 172 Å². The Morgan fingerprint density at radius 1 is 0.621 bits per heavy atom. The first-order valence-corrected chi connectivity index (χ1v) is 8.52. The molecule has 0 aromatic heterocycles. The average molecular weight is 420 g/mol. The maximum absolute atomic E-state index is 11.6. The summed E-state index contributed by atoms with van der Waals surface area (Å²) in [5.41, 5.74) is -2.58. The van der Waals surface area contributed by atoms with Crippen molar-refractivity contribution in [3.05, 3.63) is 0 Å². The summed E-state index contributed by atoms with van der Waals surface area (Å²) in [6.07, 6.45) is -8.72. The smallest absolute Gasteiger partial charge is 0.303 e. The number of hydrogen-bond donors (Lipinski definition) is 2. The van der Waals surface area contributed by atoms with Crippen molar-refractivity contribution in [2.45, 2.75) is 70.7 Å². The predicted molar refractivity (Wildman–Crippen MR) is 89.8 cm³/mol. The summed E-state index contributed by atoms with van der Waals surface area (Å²) in [5.74, 6) is -4.64.